The van der Waals surface area contributed by atoms with Crippen molar-refractivity contribution in [3.63, 3.8) is 0 Å². The van der Waals surface area contributed by atoms with E-state index in [2.05, 4.69) is 6.92 Å². The summed E-state index contributed by atoms with van der Waals surface area (Å²) in [6.07, 6.45) is 17.4. The Labute approximate surface area is 257 Å². The van der Waals surface area contributed by atoms with Crippen LogP contribution in [0.2, 0.25) is 5.02 Å². The predicted octanol–water partition coefficient (Wildman–Crippen LogP) is 9.26. The van der Waals surface area contributed by atoms with E-state index in [0.717, 1.165) is 19.3 Å². The van der Waals surface area contributed by atoms with Crippen molar-refractivity contribution >= 4 is 29.1 Å². The van der Waals surface area contributed by atoms with Crippen LogP contribution in [0.5, 0.6) is 11.5 Å². The number of carbonyl (C=O) groups excluding carboxylic acids is 2. The van der Waals surface area contributed by atoms with Crippen LogP contribution in [-0.4, -0.2) is 42.5 Å². The van der Waals surface area contributed by atoms with Gasteiger partial charge in [0.1, 0.15) is 5.76 Å². The Bertz CT molecular complexity index is 1180. The summed E-state index contributed by atoms with van der Waals surface area (Å²) < 4.78 is 10.9. The lowest BCUT2D eigenvalue weighted by atomic mass is 9.95. The van der Waals surface area contributed by atoms with Gasteiger partial charge in [-0.25, -0.2) is 0 Å². The Morgan fingerprint density at radius 2 is 1.29 bits per heavy atom. The summed E-state index contributed by atoms with van der Waals surface area (Å²) in [5.41, 5.74) is 1.17. The molecule has 1 heterocycles. The summed E-state index contributed by atoms with van der Waals surface area (Å²) in [5, 5.41) is 11.8. The number of ketones is 1. The van der Waals surface area contributed by atoms with Crippen LogP contribution in [0, 0.1) is 0 Å². The number of rotatable bonds is 19. The molecule has 1 saturated heterocycles. The van der Waals surface area contributed by atoms with Crippen LogP contribution < -0.4 is 9.47 Å². The van der Waals surface area contributed by atoms with Gasteiger partial charge in [-0.3, -0.25) is 9.59 Å². The van der Waals surface area contributed by atoms with Gasteiger partial charge in [-0.1, -0.05) is 108 Å². The first-order chi connectivity index (χ1) is 20.4. The standard InChI is InChI=1S/C35H48ClNO5/c1-4-5-6-7-8-9-10-11-12-13-14-15-16-17-24-37-32(27-20-23-29(41-2)30(25-27)42-3)31(34(39)35(37)40)33(38)26-18-21-28(36)22-19-26/h18-23,25,32,38H,4-17,24H2,1-3H3/t32-/m1/s1. The van der Waals surface area contributed by atoms with Crippen molar-refractivity contribution in [3.8, 4) is 11.5 Å². The van der Waals surface area contributed by atoms with Crippen molar-refractivity contribution in [2.75, 3.05) is 20.8 Å². The third kappa shape index (κ3) is 9.26. The molecule has 1 N–H and O–H groups in total. The highest BCUT2D eigenvalue weighted by atomic mass is 35.5. The molecule has 1 atom stereocenters. The van der Waals surface area contributed by atoms with E-state index in [0.29, 0.717) is 34.2 Å². The Hall–Kier alpha value is -2.99. The quantitative estimate of drug-likeness (QED) is 0.0755. The van der Waals surface area contributed by atoms with E-state index >= 15 is 0 Å². The molecule has 1 amide bonds. The second-order valence-electron chi connectivity index (χ2n) is 11.2. The van der Waals surface area contributed by atoms with Crippen LogP contribution in [0.15, 0.2) is 48.0 Å². The molecule has 2 aromatic carbocycles. The first-order valence-corrected chi connectivity index (χ1v) is 16.1. The SMILES string of the molecule is CCCCCCCCCCCCCCCCN1C(=O)C(=O)C(=C(O)c2ccc(Cl)cc2)[C@H]1c1ccc(OC)c(OC)c1. The number of unbranched alkanes of at least 4 members (excludes halogenated alkanes) is 13. The van der Waals surface area contributed by atoms with Gasteiger partial charge in [-0.15, -0.1) is 0 Å². The largest absolute Gasteiger partial charge is 0.507 e. The van der Waals surface area contributed by atoms with Gasteiger partial charge >= 0.3 is 0 Å². The van der Waals surface area contributed by atoms with Crippen LogP contribution in [0.3, 0.4) is 0 Å². The third-order valence-corrected chi connectivity index (χ3v) is 8.39. The number of halogens is 1. The molecule has 0 spiro atoms. The Morgan fingerprint density at radius 1 is 0.762 bits per heavy atom. The lowest BCUT2D eigenvalue weighted by molar-refractivity contribution is -0.139. The zero-order valence-electron chi connectivity index (χ0n) is 25.6. The minimum absolute atomic E-state index is 0.0694. The molecule has 2 aromatic rings. The first-order valence-electron chi connectivity index (χ1n) is 15.7. The number of ether oxygens (including phenoxy) is 2. The number of benzene rings is 2. The third-order valence-electron chi connectivity index (χ3n) is 8.13. The fourth-order valence-corrected chi connectivity index (χ4v) is 5.85. The van der Waals surface area contributed by atoms with Gasteiger partial charge in [0.05, 0.1) is 25.8 Å². The molecule has 42 heavy (non-hydrogen) atoms. The number of hydrogen-bond acceptors (Lipinski definition) is 5. The fourth-order valence-electron chi connectivity index (χ4n) is 5.72. The molecule has 0 unspecified atom stereocenters. The van der Waals surface area contributed by atoms with E-state index in [1.54, 1.807) is 55.5 Å². The molecule has 0 radical (unpaired) electrons. The smallest absolute Gasteiger partial charge is 0.295 e. The molecule has 1 fully saturated rings. The van der Waals surface area contributed by atoms with Crippen LogP contribution in [0.4, 0.5) is 0 Å². The summed E-state index contributed by atoms with van der Waals surface area (Å²) in [6.45, 7) is 2.69. The minimum atomic E-state index is -0.734. The average Bonchev–Trinajstić information content (AvgIpc) is 3.25. The van der Waals surface area contributed by atoms with Crippen molar-refractivity contribution in [2.24, 2.45) is 0 Å². The molecule has 0 saturated carbocycles. The topological polar surface area (TPSA) is 76.1 Å². The van der Waals surface area contributed by atoms with E-state index in [1.165, 1.54) is 70.6 Å². The number of methoxy groups -OCH3 is 2. The zero-order valence-corrected chi connectivity index (χ0v) is 26.4. The molecule has 1 aliphatic heterocycles. The molecule has 0 aliphatic carbocycles. The number of carbonyl (C=O) groups is 2. The molecule has 0 bridgehead atoms. The van der Waals surface area contributed by atoms with Gasteiger partial charge in [0, 0.05) is 17.1 Å². The van der Waals surface area contributed by atoms with E-state index in [-0.39, 0.29) is 11.3 Å². The van der Waals surface area contributed by atoms with Gasteiger partial charge in [0.25, 0.3) is 11.7 Å². The molecule has 6 nitrogen and oxygen atoms in total. The summed E-state index contributed by atoms with van der Waals surface area (Å²) in [6, 6.07) is 11.2. The van der Waals surface area contributed by atoms with E-state index < -0.39 is 17.7 Å². The molecule has 1 aliphatic rings. The molecule has 0 aromatic heterocycles. The number of hydrogen-bond donors (Lipinski definition) is 1. The van der Waals surface area contributed by atoms with E-state index in [4.69, 9.17) is 21.1 Å². The maximum absolute atomic E-state index is 13.3. The van der Waals surface area contributed by atoms with Crippen molar-refractivity contribution in [3.05, 3.63) is 64.2 Å². The fraction of sp³-hybridized carbons (Fsp3) is 0.543. The van der Waals surface area contributed by atoms with Crippen molar-refractivity contribution in [2.45, 2.75) is 103 Å². The molecular weight excluding hydrogens is 550 g/mol. The van der Waals surface area contributed by atoms with Crippen LogP contribution in [0.25, 0.3) is 5.76 Å². The van der Waals surface area contributed by atoms with Crippen LogP contribution in [-0.2, 0) is 9.59 Å². The average molecular weight is 598 g/mol. The van der Waals surface area contributed by atoms with Gasteiger partial charge in [-0.2, -0.15) is 0 Å². The molecule has 3 rings (SSSR count). The summed E-state index contributed by atoms with van der Waals surface area (Å²) in [7, 11) is 3.10. The summed E-state index contributed by atoms with van der Waals surface area (Å²) in [5.74, 6) is -0.465. The predicted molar refractivity (Wildman–Crippen MR) is 170 cm³/mol. The lowest BCUT2D eigenvalue weighted by Crippen LogP contribution is -2.30. The minimum Gasteiger partial charge on any atom is -0.507 e. The number of amides is 1. The van der Waals surface area contributed by atoms with Gasteiger partial charge in [-0.05, 0) is 48.4 Å². The van der Waals surface area contributed by atoms with Crippen molar-refractivity contribution in [1.29, 1.82) is 0 Å². The number of aliphatic hydroxyl groups is 1. The normalized spacial score (nSPS) is 16.3. The second kappa shape index (κ2) is 17.8. The first kappa shape index (κ1) is 33.5. The van der Waals surface area contributed by atoms with Gasteiger partial charge < -0.3 is 19.5 Å². The highest BCUT2D eigenvalue weighted by Crippen LogP contribution is 2.42. The Kier molecular flexibility index (Phi) is 14.2. The number of nitrogens with zero attached hydrogens (tertiary/aromatic N) is 1. The maximum atomic E-state index is 13.3. The molecule has 7 heteroatoms. The van der Waals surface area contributed by atoms with Crippen molar-refractivity contribution in [1.82, 2.24) is 4.90 Å². The number of likely N-dealkylation sites (tertiary alicyclic amines) is 1. The van der Waals surface area contributed by atoms with Crippen LogP contribution >= 0.6 is 11.6 Å². The monoisotopic (exact) mass is 597 g/mol. The summed E-state index contributed by atoms with van der Waals surface area (Å²) in [4.78, 5) is 28.2. The Balaban J connectivity index is 1.62. The zero-order chi connectivity index (χ0) is 30.3. The number of Topliss-reactive ketones (excluding diaryl/α,β-unsaturated/α-hetero) is 1. The van der Waals surface area contributed by atoms with Gasteiger partial charge in [0.2, 0.25) is 0 Å². The Morgan fingerprint density at radius 3 is 1.81 bits per heavy atom. The van der Waals surface area contributed by atoms with Gasteiger partial charge in [0.15, 0.2) is 11.5 Å². The lowest BCUT2D eigenvalue weighted by Gasteiger charge is -2.26. The highest BCUT2D eigenvalue weighted by Gasteiger charge is 2.46. The number of aliphatic hydroxyl groups excluding tert-OH is 1. The van der Waals surface area contributed by atoms with Crippen molar-refractivity contribution < 1.29 is 24.2 Å². The highest BCUT2D eigenvalue weighted by molar-refractivity contribution is 6.46. The van der Waals surface area contributed by atoms with Crippen LogP contribution in [0.1, 0.15) is 114 Å². The van der Waals surface area contributed by atoms with E-state index in [1.807, 2.05) is 6.07 Å². The van der Waals surface area contributed by atoms with E-state index in [9.17, 15) is 14.7 Å². The summed E-state index contributed by atoms with van der Waals surface area (Å²) >= 11 is 6.04. The second-order valence-corrected chi connectivity index (χ2v) is 11.6. The molecular formula is C35H48ClNO5. The maximum Gasteiger partial charge on any atom is 0.295 e. The molecule has 230 valence electrons.